The van der Waals surface area contributed by atoms with Crippen LogP contribution in [0.4, 0.5) is 19.1 Å². The molecule has 11 heteroatoms. The molecule has 2 aliphatic rings. The number of ether oxygens (including phenoxy) is 1. The minimum absolute atomic E-state index is 0.0581. The largest absolute Gasteiger partial charge is 0.424 e. The summed E-state index contributed by atoms with van der Waals surface area (Å²) in [6.45, 7) is 7.89. The molecular weight excluding hydrogens is 459 g/mol. The molecule has 4 unspecified atom stereocenters. The number of piperidine rings is 1. The molecule has 5 rings (SSSR count). The molecule has 3 heterocycles. The second kappa shape index (κ2) is 8.54. The summed E-state index contributed by atoms with van der Waals surface area (Å²) in [5.74, 6) is 1.85. The predicted molar refractivity (Wildman–Crippen MR) is 124 cm³/mol. The van der Waals surface area contributed by atoms with E-state index < -0.39 is 11.7 Å². The number of rotatable bonds is 5. The van der Waals surface area contributed by atoms with Gasteiger partial charge in [0.1, 0.15) is 11.6 Å². The monoisotopic (exact) mass is 489 g/mol. The van der Waals surface area contributed by atoms with Crippen molar-refractivity contribution in [1.82, 2.24) is 24.7 Å². The number of nitrogens with two attached hydrogens (primary N) is 1. The average molecular weight is 490 g/mol. The molecule has 1 aliphatic heterocycles. The lowest BCUT2D eigenvalue weighted by atomic mass is 9.86. The third-order valence-electron chi connectivity index (χ3n) is 7.14. The van der Waals surface area contributed by atoms with Crippen LogP contribution < -0.4 is 15.4 Å². The van der Waals surface area contributed by atoms with Crippen LogP contribution in [0.2, 0.25) is 0 Å². The molecule has 2 fully saturated rings. The summed E-state index contributed by atoms with van der Waals surface area (Å²) in [6.07, 6.45) is -0.661. The summed E-state index contributed by atoms with van der Waals surface area (Å²) in [5.41, 5.74) is 6.93. The van der Waals surface area contributed by atoms with Crippen molar-refractivity contribution in [3.63, 3.8) is 0 Å². The Hall–Kier alpha value is -3.08. The zero-order valence-electron chi connectivity index (χ0n) is 20.2. The van der Waals surface area contributed by atoms with Gasteiger partial charge in [-0.1, -0.05) is 6.07 Å². The fraction of sp³-hybridized carbons (Fsp3) is 0.542. The topological polar surface area (TPSA) is 97.9 Å². The third kappa shape index (κ3) is 4.26. The van der Waals surface area contributed by atoms with E-state index in [1.54, 1.807) is 10.9 Å². The summed E-state index contributed by atoms with van der Waals surface area (Å²) in [7, 11) is 0. The van der Waals surface area contributed by atoms with E-state index in [0.717, 1.165) is 30.4 Å². The Labute approximate surface area is 201 Å². The van der Waals surface area contributed by atoms with Gasteiger partial charge in [-0.15, -0.1) is 5.10 Å². The van der Waals surface area contributed by atoms with Crippen molar-refractivity contribution in [1.29, 1.82) is 0 Å². The minimum atomic E-state index is -4.47. The molecule has 1 aromatic carbocycles. The fourth-order valence-corrected chi connectivity index (χ4v) is 5.36. The molecule has 35 heavy (non-hydrogen) atoms. The van der Waals surface area contributed by atoms with E-state index in [9.17, 15) is 13.2 Å². The second-order valence-electron chi connectivity index (χ2n) is 9.94. The smallest absolute Gasteiger partial charge is 0.416 e. The first-order chi connectivity index (χ1) is 16.5. The van der Waals surface area contributed by atoms with Crippen molar-refractivity contribution >= 4 is 5.95 Å². The minimum Gasteiger partial charge on any atom is -0.424 e. The number of aromatic amines is 1. The van der Waals surface area contributed by atoms with Crippen LogP contribution in [-0.4, -0.2) is 37.3 Å². The third-order valence-corrected chi connectivity index (χ3v) is 7.14. The van der Waals surface area contributed by atoms with Crippen LogP contribution in [0.25, 0.3) is 0 Å². The maximum Gasteiger partial charge on any atom is 0.416 e. The first-order valence-corrected chi connectivity index (χ1v) is 11.9. The SMILES string of the molecule is Cc1cnc(C2C3CCC(CN2c2nc(Oc4ccc(C)c(C(F)(F)F)c4)n(C(C)C)n2)C3N)[nH]1. The van der Waals surface area contributed by atoms with Crippen LogP contribution in [0.1, 0.15) is 61.4 Å². The van der Waals surface area contributed by atoms with Crippen molar-refractivity contribution in [3.05, 3.63) is 47.0 Å². The van der Waals surface area contributed by atoms with Gasteiger partial charge < -0.3 is 20.4 Å². The number of fused-ring (bicyclic) bond motifs is 2. The molecule has 1 aliphatic carbocycles. The number of aryl methyl sites for hydroxylation is 2. The van der Waals surface area contributed by atoms with Crippen molar-refractivity contribution in [2.75, 3.05) is 11.4 Å². The number of aromatic nitrogens is 5. The highest BCUT2D eigenvalue weighted by Gasteiger charge is 2.49. The maximum atomic E-state index is 13.4. The van der Waals surface area contributed by atoms with Crippen LogP contribution in [0.15, 0.2) is 24.4 Å². The first kappa shape index (κ1) is 23.7. The quantitative estimate of drug-likeness (QED) is 0.528. The zero-order valence-corrected chi connectivity index (χ0v) is 20.2. The van der Waals surface area contributed by atoms with Crippen molar-refractivity contribution < 1.29 is 17.9 Å². The standard InChI is InChI=1S/C24H30F3N7O/c1-12(2)34-23(35-16-7-5-13(3)18(9-16)24(25,26)27)31-22(32-34)33-11-15-6-8-17(19(15)28)20(33)21-29-10-14(4)30-21/h5,7,9-10,12,15,17,19-20H,6,8,11,28H2,1-4H3,(H,29,30). The van der Waals surface area contributed by atoms with Gasteiger partial charge in [0.2, 0.25) is 5.95 Å². The average Bonchev–Trinajstić information content (AvgIpc) is 3.45. The molecule has 0 radical (unpaired) electrons. The molecule has 2 aromatic heterocycles. The number of nitrogens with one attached hydrogen (secondary N) is 1. The normalized spacial score (nSPS) is 24.4. The summed E-state index contributed by atoms with van der Waals surface area (Å²) >= 11 is 0. The van der Waals surface area contributed by atoms with Gasteiger partial charge in [0.25, 0.3) is 0 Å². The Kier molecular flexibility index (Phi) is 5.77. The molecule has 4 atom stereocenters. The molecule has 1 saturated carbocycles. The van der Waals surface area contributed by atoms with Crippen molar-refractivity contribution in [2.45, 2.75) is 64.8 Å². The molecular formula is C24H30F3N7O. The van der Waals surface area contributed by atoms with Gasteiger partial charge in [-0.25, -0.2) is 9.67 Å². The molecule has 0 spiro atoms. The van der Waals surface area contributed by atoms with E-state index in [4.69, 9.17) is 15.6 Å². The van der Waals surface area contributed by atoms with E-state index in [1.165, 1.54) is 19.1 Å². The van der Waals surface area contributed by atoms with Gasteiger partial charge in [-0.2, -0.15) is 18.2 Å². The highest BCUT2D eigenvalue weighted by Crippen LogP contribution is 2.47. The van der Waals surface area contributed by atoms with Crippen LogP contribution >= 0.6 is 0 Å². The molecule has 188 valence electrons. The van der Waals surface area contributed by atoms with Gasteiger partial charge in [-0.3, -0.25) is 0 Å². The van der Waals surface area contributed by atoms with E-state index in [-0.39, 0.29) is 41.4 Å². The fourth-order valence-electron chi connectivity index (χ4n) is 5.36. The van der Waals surface area contributed by atoms with Crippen LogP contribution in [-0.2, 0) is 6.18 Å². The second-order valence-corrected chi connectivity index (χ2v) is 9.94. The van der Waals surface area contributed by atoms with Gasteiger partial charge in [-0.05, 0) is 64.2 Å². The number of imidazole rings is 1. The number of H-pyrrole nitrogens is 1. The number of nitrogens with zero attached hydrogens (tertiary/aromatic N) is 5. The van der Waals surface area contributed by atoms with Crippen LogP contribution in [0, 0.1) is 25.7 Å². The molecule has 1 saturated heterocycles. The Bertz CT molecular complexity index is 1220. The predicted octanol–water partition coefficient (Wildman–Crippen LogP) is 4.92. The lowest BCUT2D eigenvalue weighted by Crippen LogP contribution is -2.51. The lowest BCUT2D eigenvalue weighted by molar-refractivity contribution is -0.138. The van der Waals surface area contributed by atoms with Gasteiger partial charge in [0.05, 0.1) is 17.6 Å². The van der Waals surface area contributed by atoms with Crippen molar-refractivity contribution in [3.8, 4) is 11.8 Å². The number of hydrogen-bond donors (Lipinski definition) is 2. The lowest BCUT2D eigenvalue weighted by Gasteiger charge is -2.42. The Balaban J connectivity index is 1.52. The number of anilines is 1. The molecule has 0 amide bonds. The molecule has 8 nitrogen and oxygen atoms in total. The summed E-state index contributed by atoms with van der Waals surface area (Å²) < 4.78 is 47.8. The highest BCUT2D eigenvalue weighted by atomic mass is 19.4. The van der Waals surface area contributed by atoms with Gasteiger partial charge >= 0.3 is 12.2 Å². The van der Waals surface area contributed by atoms with E-state index in [0.29, 0.717) is 18.4 Å². The van der Waals surface area contributed by atoms with Gasteiger partial charge in [0, 0.05) is 30.4 Å². The maximum absolute atomic E-state index is 13.4. The van der Waals surface area contributed by atoms with E-state index >= 15 is 0 Å². The number of alkyl halides is 3. The van der Waals surface area contributed by atoms with E-state index in [1.807, 2.05) is 20.8 Å². The summed E-state index contributed by atoms with van der Waals surface area (Å²) in [5, 5.41) is 4.72. The summed E-state index contributed by atoms with van der Waals surface area (Å²) in [4.78, 5) is 14.7. The van der Waals surface area contributed by atoms with Crippen molar-refractivity contribution in [2.24, 2.45) is 17.6 Å². The van der Waals surface area contributed by atoms with Crippen LogP contribution in [0.3, 0.4) is 0 Å². The Morgan fingerprint density at radius 3 is 2.63 bits per heavy atom. The number of hydrogen-bond acceptors (Lipinski definition) is 6. The molecule has 3 aromatic rings. The number of halogens is 3. The Morgan fingerprint density at radius 1 is 1.20 bits per heavy atom. The molecule has 2 bridgehead atoms. The van der Waals surface area contributed by atoms with Gasteiger partial charge in [0.15, 0.2) is 0 Å². The molecule has 3 N–H and O–H groups in total. The van der Waals surface area contributed by atoms with Crippen LogP contribution in [0.5, 0.6) is 11.8 Å². The summed E-state index contributed by atoms with van der Waals surface area (Å²) in [6, 6.07) is 3.88. The van der Waals surface area contributed by atoms with E-state index in [2.05, 4.69) is 19.9 Å². The highest BCUT2D eigenvalue weighted by molar-refractivity contribution is 5.41. The first-order valence-electron chi connectivity index (χ1n) is 11.9. The number of benzene rings is 1. The zero-order chi connectivity index (χ0) is 25.1. The Morgan fingerprint density at radius 2 is 1.97 bits per heavy atom.